The topological polar surface area (TPSA) is 26.3 Å². The third-order valence-corrected chi connectivity index (χ3v) is 2.65. The largest absolute Gasteiger partial charge is 0.465 e. The minimum Gasteiger partial charge on any atom is -0.465 e. The lowest BCUT2D eigenvalue weighted by Gasteiger charge is -2.09. The Morgan fingerprint density at radius 2 is 2.07 bits per heavy atom. The SMILES string of the molecule is CCCOC(=O)[C@@H](Br)c1ccccc1. The zero-order valence-corrected chi connectivity index (χ0v) is 9.66. The molecule has 0 unspecified atom stereocenters. The fourth-order valence-corrected chi connectivity index (χ4v) is 1.47. The van der Waals surface area contributed by atoms with Crippen LogP contribution in [0.25, 0.3) is 0 Å². The predicted octanol–water partition coefficient (Wildman–Crippen LogP) is 3.08. The Hall–Kier alpha value is -0.830. The molecule has 0 saturated carbocycles. The summed E-state index contributed by atoms with van der Waals surface area (Å²) < 4.78 is 5.02. The van der Waals surface area contributed by atoms with E-state index in [0.29, 0.717) is 6.61 Å². The van der Waals surface area contributed by atoms with Crippen molar-refractivity contribution >= 4 is 21.9 Å². The Labute approximate surface area is 92.4 Å². The Balaban J connectivity index is 2.57. The van der Waals surface area contributed by atoms with Crippen LogP contribution in [-0.2, 0) is 9.53 Å². The van der Waals surface area contributed by atoms with Gasteiger partial charge in [0.05, 0.1) is 6.61 Å². The van der Waals surface area contributed by atoms with Gasteiger partial charge < -0.3 is 4.74 Å². The van der Waals surface area contributed by atoms with E-state index in [1.165, 1.54) is 0 Å². The maximum absolute atomic E-state index is 11.4. The van der Waals surface area contributed by atoms with Crippen LogP contribution in [0.3, 0.4) is 0 Å². The summed E-state index contributed by atoms with van der Waals surface area (Å²) in [5.41, 5.74) is 0.925. The number of esters is 1. The first kappa shape index (κ1) is 11.2. The molecule has 0 fully saturated rings. The maximum atomic E-state index is 11.4. The lowest BCUT2D eigenvalue weighted by atomic mass is 10.1. The second-order valence-corrected chi connectivity index (χ2v) is 3.86. The molecule has 0 spiro atoms. The highest BCUT2D eigenvalue weighted by Crippen LogP contribution is 2.23. The number of halogens is 1. The van der Waals surface area contributed by atoms with Crippen LogP contribution in [0.1, 0.15) is 23.7 Å². The summed E-state index contributed by atoms with van der Waals surface area (Å²) in [6, 6.07) is 9.51. The zero-order valence-electron chi connectivity index (χ0n) is 8.07. The summed E-state index contributed by atoms with van der Waals surface area (Å²) >= 11 is 3.31. The van der Waals surface area contributed by atoms with Gasteiger partial charge in [0.25, 0.3) is 0 Å². The van der Waals surface area contributed by atoms with Gasteiger partial charge in [-0.05, 0) is 12.0 Å². The number of carbonyl (C=O) groups is 1. The van der Waals surface area contributed by atoms with E-state index in [1.807, 2.05) is 37.3 Å². The quantitative estimate of drug-likeness (QED) is 0.612. The summed E-state index contributed by atoms with van der Waals surface area (Å²) in [5.74, 6) is -0.224. The van der Waals surface area contributed by atoms with Gasteiger partial charge in [0.2, 0.25) is 0 Å². The number of rotatable bonds is 4. The molecule has 0 amide bonds. The standard InChI is InChI=1S/C11H13BrO2/c1-2-8-14-11(13)10(12)9-6-4-3-5-7-9/h3-7,10H,2,8H2,1H3/t10-/m0/s1. The smallest absolute Gasteiger partial charge is 0.324 e. The van der Waals surface area contributed by atoms with Crippen molar-refractivity contribution in [3.8, 4) is 0 Å². The van der Waals surface area contributed by atoms with Crippen LogP contribution in [0, 0.1) is 0 Å². The maximum Gasteiger partial charge on any atom is 0.324 e. The van der Waals surface area contributed by atoms with Gasteiger partial charge >= 0.3 is 5.97 Å². The normalized spacial score (nSPS) is 12.1. The highest BCUT2D eigenvalue weighted by Gasteiger charge is 2.17. The summed E-state index contributed by atoms with van der Waals surface area (Å²) in [6.45, 7) is 2.45. The molecule has 0 aliphatic rings. The minimum absolute atomic E-state index is 0.224. The molecular formula is C11H13BrO2. The molecule has 1 aromatic rings. The van der Waals surface area contributed by atoms with Gasteiger partial charge in [0.15, 0.2) is 0 Å². The first-order chi connectivity index (χ1) is 6.75. The van der Waals surface area contributed by atoms with Crippen molar-refractivity contribution in [2.45, 2.75) is 18.2 Å². The summed E-state index contributed by atoms with van der Waals surface area (Å²) in [7, 11) is 0. The average Bonchev–Trinajstić information content (AvgIpc) is 2.26. The fraction of sp³-hybridized carbons (Fsp3) is 0.364. The lowest BCUT2D eigenvalue weighted by Crippen LogP contribution is -2.11. The fourth-order valence-electron chi connectivity index (χ4n) is 1.03. The monoisotopic (exact) mass is 256 g/mol. The number of hydrogen-bond donors (Lipinski definition) is 0. The predicted molar refractivity (Wildman–Crippen MR) is 59.4 cm³/mol. The van der Waals surface area contributed by atoms with Crippen molar-refractivity contribution in [2.75, 3.05) is 6.61 Å². The van der Waals surface area contributed by atoms with E-state index in [-0.39, 0.29) is 10.8 Å². The molecule has 0 saturated heterocycles. The van der Waals surface area contributed by atoms with E-state index < -0.39 is 0 Å². The van der Waals surface area contributed by atoms with Gasteiger partial charge in [-0.2, -0.15) is 0 Å². The van der Waals surface area contributed by atoms with Crippen LogP contribution >= 0.6 is 15.9 Å². The molecule has 1 rings (SSSR count). The first-order valence-electron chi connectivity index (χ1n) is 4.61. The molecule has 3 heteroatoms. The third-order valence-electron chi connectivity index (χ3n) is 1.75. The molecule has 14 heavy (non-hydrogen) atoms. The van der Waals surface area contributed by atoms with Gasteiger partial charge in [-0.1, -0.05) is 53.2 Å². The molecule has 0 N–H and O–H groups in total. The van der Waals surface area contributed by atoms with Crippen LogP contribution in [0.4, 0.5) is 0 Å². The van der Waals surface area contributed by atoms with Crippen LogP contribution < -0.4 is 0 Å². The van der Waals surface area contributed by atoms with E-state index in [4.69, 9.17) is 4.74 Å². The van der Waals surface area contributed by atoms with Crippen LogP contribution in [0.5, 0.6) is 0 Å². The molecule has 0 bridgehead atoms. The molecule has 0 heterocycles. The third kappa shape index (κ3) is 3.14. The van der Waals surface area contributed by atoms with E-state index >= 15 is 0 Å². The van der Waals surface area contributed by atoms with Gasteiger partial charge in [-0.25, -0.2) is 0 Å². The van der Waals surface area contributed by atoms with Crippen molar-refractivity contribution in [1.29, 1.82) is 0 Å². The van der Waals surface area contributed by atoms with E-state index in [1.54, 1.807) is 0 Å². The van der Waals surface area contributed by atoms with Crippen molar-refractivity contribution in [1.82, 2.24) is 0 Å². The molecule has 2 nitrogen and oxygen atoms in total. The Morgan fingerprint density at radius 3 is 2.64 bits per heavy atom. The van der Waals surface area contributed by atoms with Crippen LogP contribution in [0.2, 0.25) is 0 Å². The molecule has 1 aromatic carbocycles. The van der Waals surface area contributed by atoms with Gasteiger partial charge in [0, 0.05) is 0 Å². The van der Waals surface area contributed by atoms with E-state index in [9.17, 15) is 4.79 Å². The summed E-state index contributed by atoms with van der Waals surface area (Å²) in [5, 5.41) is 0. The number of hydrogen-bond acceptors (Lipinski definition) is 2. The number of ether oxygens (including phenoxy) is 1. The highest BCUT2D eigenvalue weighted by molar-refractivity contribution is 9.09. The highest BCUT2D eigenvalue weighted by atomic mass is 79.9. The Bertz CT molecular complexity index is 285. The van der Waals surface area contributed by atoms with Crippen molar-refractivity contribution in [3.05, 3.63) is 35.9 Å². The number of alkyl halides is 1. The zero-order chi connectivity index (χ0) is 10.4. The number of carbonyl (C=O) groups excluding carboxylic acids is 1. The Morgan fingerprint density at radius 1 is 1.43 bits per heavy atom. The van der Waals surface area contributed by atoms with Gasteiger partial charge in [-0.15, -0.1) is 0 Å². The van der Waals surface area contributed by atoms with Crippen molar-refractivity contribution in [3.63, 3.8) is 0 Å². The second-order valence-electron chi connectivity index (χ2n) is 2.94. The van der Waals surface area contributed by atoms with E-state index in [0.717, 1.165) is 12.0 Å². The molecular weight excluding hydrogens is 244 g/mol. The molecule has 0 aromatic heterocycles. The van der Waals surface area contributed by atoms with E-state index in [2.05, 4.69) is 15.9 Å². The molecule has 76 valence electrons. The molecule has 0 aliphatic carbocycles. The number of benzene rings is 1. The van der Waals surface area contributed by atoms with Crippen LogP contribution in [0.15, 0.2) is 30.3 Å². The minimum atomic E-state index is -0.352. The molecule has 1 atom stereocenters. The molecule has 0 radical (unpaired) electrons. The van der Waals surface area contributed by atoms with Gasteiger partial charge in [0.1, 0.15) is 4.83 Å². The summed E-state index contributed by atoms with van der Waals surface area (Å²) in [4.78, 5) is 11.1. The molecule has 0 aliphatic heterocycles. The van der Waals surface area contributed by atoms with Crippen LogP contribution in [-0.4, -0.2) is 12.6 Å². The first-order valence-corrected chi connectivity index (χ1v) is 5.53. The second kappa shape index (κ2) is 5.81. The summed E-state index contributed by atoms with van der Waals surface area (Å²) in [6.07, 6.45) is 0.847. The lowest BCUT2D eigenvalue weighted by molar-refractivity contribution is -0.142. The van der Waals surface area contributed by atoms with Gasteiger partial charge in [-0.3, -0.25) is 4.79 Å². The average molecular weight is 257 g/mol. The van der Waals surface area contributed by atoms with Crippen molar-refractivity contribution < 1.29 is 9.53 Å². The Kier molecular flexibility index (Phi) is 4.66. The van der Waals surface area contributed by atoms with Crippen molar-refractivity contribution in [2.24, 2.45) is 0 Å².